The largest absolute Gasteiger partial charge is 1.00 e. The van der Waals surface area contributed by atoms with Gasteiger partial charge in [-0.15, -0.1) is 0 Å². The summed E-state index contributed by atoms with van der Waals surface area (Å²) in [6, 6.07) is 22.5. The van der Waals surface area contributed by atoms with E-state index >= 15 is 0 Å². The minimum absolute atomic E-state index is 0. The van der Waals surface area contributed by atoms with Gasteiger partial charge in [0.15, 0.2) is 0 Å². The first-order valence-electron chi connectivity index (χ1n) is 14.2. The summed E-state index contributed by atoms with van der Waals surface area (Å²) in [5.41, 5.74) is 5.32. The molecule has 0 bridgehead atoms. The van der Waals surface area contributed by atoms with Crippen molar-refractivity contribution in [3.05, 3.63) is 124 Å². The molecule has 0 saturated carbocycles. The number of nitrogens with one attached hydrogen (secondary N) is 1. The number of benzene rings is 4. The second kappa shape index (κ2) is 16.6. The Kier molecular flexibility index (Phi) is 13.3. The second-order valence-electron chi connectivity index (χ2n) is 10.7. The van der Waals surface area contributed by atoms with Gasteiger partial charge in [0.05, 0.1) is 18.1 Å². The van der Waals surface area contributed by atoms with Crippen molar-refractivity contribution in [1.29, 1.82) is 0 Å². The zero-order chi connectivity index (χ0) is 31.8. The van der Waals surface area contributed by atoms with Crippen molar-refractivity contribution in [2.75, 3.05) is 16.9 Å². The van der Waals surface area contributed by atoms with Crippen LogP contribution in [0.5, 0.6) is 0 Å². The number of rotatable bonds is 13. The molecule has 10 heteroatoms. The molecule has 4 rings (SSSR count). The van der Waals surface area contributed by atoms with Gasteiger partial charge in [-0.25, -0.2) is 8.78 Å². The minimum atomic E-state index is -1.34. The van der Waals surface area contributed by atoms with Crippen molar-refractivity contribution in [1.82, 2.24) is 5.32 Å². The number of aliphatic carboxylic acids is 1. The molecule has 0 aliphatic carbocycles. The number of hydrogen-bond donors (Lipinski definition) is 2. The Hall–Kier alpha value is -3.61. The van der Waals surface area contributed by atoms with Crippen LogP contribution in [0.15, 0.2) is 84.9 Å². The molecule has 0 spiro atoms. The third kappa shape index (κ3) is 9.69. The fourth-order valence-electron chi connectivity index (χ4n) is 5.07. The Labute approximate surface area is 279 Å². The van der Waals surface area contributed by atoms with E-state index in [-0.39, 0.29) is 31.8 Å². The number of hydrogen-bond acceptors (Lipinski definition) is 6. The van der Waals surface area contributed by atoms with Crippen LogP contribution in [0.1, 0.15) is 52.1 Å². The van der Waals surface area contributed by atoms with Gasteiger partial charge in [-0.05, 0) is 102 Å². The minimum Gasteiger partial charge on any atom is -0.548 e. The molecule has 45 heavy (non-hydrogen) atoms. The average molecular weight is 625 g/mol. The number of carboxylic acids is 1. The van der Waals surface area contributed by atoms with Crippen LogP contribution in [0.4, 0.5) is 14.5 Å². The quantitative estimate of drug-likeness (QED) is 0.223. The van der Waals surface area contributed by atoms with Crippen molar-refractivity contribution < 1.29 is 47.4 Å². The van der Waals surface area contributed by atoms with Crippen molar-refractivity contribution in [3.63, 3.8) is 0 Å². The number of carboxylic acid groups (broad SMARTS) is 1. The van der Waals surface area contributed by atoms with E-state index in [0.717, 1.165) is 28.4 Å². The Balaban J connectivity index is 0.00000552. The summed E-state index contributed by atoms with van der Waals surface area (Å²) in [6.07, 6.45) is 1.38. The van der Waals surface area contributed by atoms with Crippen molar-refractivity contribution in [2.24, 2.45) is 0 Å². The summed E-state index contributed by atoms with van der Waals surface area (Å²) in [4.78, 5) is 27.2. The molecule has 0 fully saturated rings. The third-order valence-electron chi connectivity index (χ3n) is 7.35. The zero-order valence-electron chi connectivity index (χ0n) is 25.8. The summed E-state index contributed by atoms with van der Waals surface area (Å²) >= 11 is 1.48. The van der Waals surface area contributed by atoms with Gasteiger partial charge in [0, 0.05) is 30.4 Å². The van der Waals surface area contributed by atoms with E-state index in [9.17, 15) is 28.6 Å². The predicted molar refractivity (Wildman–Crippen MR) is 169 cm³/mol. The number of nitrogens with zero attached hydrogens (tertiary/aromatic N) is 1. The SMILES string of the molecule is CSCC[C@H](NC(=O)c1ccc(CN(Cc2cc(F)cc(F)c2)c2cccc(C(C)O)c2)cc1-c1ccccc1C)C(=O)[O-].[Li+]. The number of aliphatic hydroxyl groups excluding tert-OH is 1. The second-order valence-corrected chi connectivity index (χ2v) is 11.7. The summed E-state index contributed by atoms with van der Waals surface area (Å²) < 4.78 is 28.2. The van der Waals surface area contributed by atoms with Crippen LogP contribution in [0.25, 0.3) is 11.1 Å². The molecule has 0 saturated heterocycles. The van der Waals surface area contributed by atoms with Gasteiger partial charge in [-0.1, -0.05) is 42.5 Å². The van der Waals surface area contributed by atoms with Gasteiger partial charge >= 0.3 is 18.9 Å². The molecule has 230 valence electrons. The average Bonchev–Trinajstić information content (AvgIpc) is 2.98. The van der Waals surface area contributed by atoms with Crippen LogP contribution in [0, 0.1) is 18.6 Å². The Morgan fingerprint density at radius 2 is 1.60 bits per heavy atom. The van der Waals surface area contributed by atoms with Gasteiger partial charge < -0.3 is 25.2 Å². The Morgan fingerprint density at radius 1 is 0.911 bits per heavy atom. The molecule has 4 aromatic carbocycles. The Morgan fingerprint density at radius 3 is 2.24 bits per heavy atom. The zero-order valence-corrected chi connectivity index (χ0v) is 26.7. The van der Waals surface area contributed by atoms with Crippen LogP contribution >= 0.6 is 11.8 Å². The molecular formula is C35H35F2LiN2O4S. The number of halogens is 2. The molecule has 0 aliphatic rings. The van der Waals surface area contributed by atoms with Crippen LogP contribution < -0.4 is 34.2 Å². The predicted octanol–water partition coefficient (Wildman–Crippen LogP) is 2.81. The van der Waals surface area contributed by atoms with Crippen LogP contribution in [-0.2, 0) is 17.9 Å². The van der Waals surface area contributed by atoms with E-state index in [1.165, 1.54) is 23.9 Å². The summed E-state index contributed by atoms with van der Waals surface area (Å²) in [5, 5.41) is 24.6. The van der Waals surface area contributed by atoms with E-state index in [2.05, 4.69) is 5.32 Å². The van der Waals surface area contributed by atoms with Crippen molar-refractivity contribution in [2.45, 2.75) is 45.5 Å². The molecule has 2 N–H and O–H groups in total. The van der Waals surface area contributed by atoms with Crippen molar-refractivity contribution in [3.8, 4) is 11.1 Å². The first-order valence-corrected chi connectivity index (χ1v) is 15.6. The standard InChI is InChI=1S/C35H36F2N2O4S.Li/c1-22-7-4-5-10-30(22)32-17-24(11-12-31(32)34(41)38-33(35(42)43)13-14-44-3)20-39(21-25-15-27(36)19-28(37)16-25)29-9-6-8-26(18-29)23(2)40;/h4-12,15-19,23,33,40H,13-14,20-21H2,1-3H3,(H,38,41)(H,42,43);/q;+1/p-1/t23?,33-;/m0./s1. The van der Waals surface area contributed by atoms with Crippen LogP contribution in [0.2, 0.25) is 0 Å². The van der Waals surface area contributed by atoms with Gasteiger partial charge in [-0.3, -0.25) is 4.79 Å². The number of carbonyl (C=O) groups is 2. The van der Waals surface area contributed by atoms with E-state index in [1.54, 1.807) is 25.1 Å². The monoisotopic (exact) mass is 624 g/mol. The van der Waals surface area contributed by atoms with Crippen LogP contribution in [0.3, 0.4) is 0 Å². The summed E-state index contributed by atoms with van der Waals surface area (Å²) in [5.74, 6) is -2.68. The number of aryl methyl sites for hydroxylation is 1. The number of thioether (sulfide) groups is 1. The molecule has 0 radical (unpaired) electrons. The van der Waals surface area contributed by atoms with Crippen molar-refractivity contribution >= 4 is 29.3 Å². The normalized spacial score (nSPS) is 12.1. The molecule has 1 amide bonds. The smallest absolute Gasteiger partial charge is 0.548 e. The van der Waals surface area contributed by atoms with Crippen LogP contribution in [-0.4, -0.2) is 35.0 Å². The molecular weight excluding hydrogens is 589 g/mol. The molecule has 1 unspecified atom stereocenters. The Bertz CT molecular complexity index is 1620. The summed E-state index contributed by atoms with van der Waals surface area (Å²) in [7, 11) is 0. The first kappa shape index (κ1) is 35.9. The molecule has 0 aliphatic heterocycles. The molecule has 6 nitrogen and oxygen atoms in total. The van der Waals surface area contributed by atoms with Gasteiger partial charge in [-0.2, -0.15) is 11.8 Å². The maximum atomic E-state index is 14.1. The van der Waals surface area contributed by atoms with Gasteiger partial charge in [0.1, 0.15) is 11.6 Å². The van der Waals surface area contributed by atoms with E-state index in [1.807, 2.05) is 66.6 Å². The van der Waals surface area contributed by atoms with Gasteiger partial charge in [0.2, 0.25) is 0 Å². The topological polar surface area (TPSA) is 92.7 Å². The van der Waals surface area contributed by atoms with E-state index in [0.29, 0.717) is 34.6 Å². The number of aliphatic hydroxyl groups is 1. The molecule has 4 aromatic rings. The first-order chi connectivity index (χ1) is 21.0. The fourth-order valence-corrected chi connectivity index (χ4v) is 5.54. The number of amides is 1. The van der Waals surface area contributed by atoms with Gasteiger partial charge in [0.25, 0.3) is 5.91 Å². The summed E-state index contributed by atoms with van der Waals surface area (Å²) in [6.45, 7) is 4.06. The van der Waals surface area contributed by atoms with E-state index in [4.69, 9.17) is 0 Å². The van der Waals surface area contributed by atoms with E-state index < -0.39 is 35.7 Å². The maximum absolute atomic E-state index is 14.1. The molecule has 0 aromatic heterocycles. The third-order valence-corrected chi connectivity index (χ3v) is 8.00. The molecule has 2 atom stereocenters. The number of carbonyl (C=O) groups excluding carboxylic acids is 2. The number of anilines is 1. The molecule has 0 heterocycles. The maximum Gasteiger partial charge on any atom is 1.00 e. The fraction of sp³-hybridized carbons (Fsp3) is 0.257.